The van der Waals surface area contributed by atoms with Crippen LogP contribution >= 0.6 is 0 Å². The lowest BCUT2D eigenvalue weighted by Crippen LogP contribution is -1.97. The Kier molecular flexibility index (Phi) is 2.70. The van der Waals surface area contributed by atoms with Gasteiger partial charge in [-0.25, -0.2) is 0 Å². The Hall–Kier alpha value is -2.36. The molecule has 4 nitrogen and oxygen atoms in total. The molecule has 2 aromatic carbocycles. The van der Waals surface area contributed by atoms with E-state index in [1.54, 1.807) is 0 Å². The van der Waals surface area contributed by atoms with E-state index in [1.807, 2.05) is 24.3 Å². The summed E-state index contributed by atoms with van der Waals surface area (Å²) in [5.41, 5.74) is 3.25. The van der Waals surface area contributed by atoms with Gasteiger partial charge in [-0.3, -0.25) is 0 Å². The van der Waals surface area contributed by atoms with Crippen LogP contribution in [0.4, 0.5) is 0 Å². The first-order valence-electron chi connectivity index (χ1n) is 7.07. The maximum atomic E-state index is 5.72. The Labute approximate surface area is 123 Å². The largest absolute Gasteiger partial charge is 0.454 e. The fourth-order valence-electron chi connectivity index (χ4n) is 2.87. The molecule has 2 heterocycles. The fourth-order valence-corrected chi connectivity index (χ4v) is 2.87. The van der Waals surface area contributed by atoms with Gasteiger partial charge in [0.2, 0.25) is 13.6 Å². The third kappa shape index (κ3) is 1.82. The minimum atomic E-state index is 0.260. The number of hydrogen-bond donors (Lipinski definition) is 0. The zero-order valence-corrected chi connectivity index (χ0v) is 12.0. The van der Waals surface area contributed by atoms with Crippen LogP contribution in [-0.4, -0.2) is 13.6 Å². The van der Waals surface area contributed by atoms with Crippen molar-refractivity contribution in [3.8, 4) is 34.1 Å². The minimum absolute atomic E-state index is 0.260. The van der Waals surface area contributed by atoms with E-state index in [-0.39, 0.29) is 13.6 Å². The van der Waals surface area contributed by atoms with Gasteiger partial charge < -0.3 is 18.9 Å². The lowest BCUT2D eigenvalue weighted by atomic mass is 9.91. The topological polar surface area (TPSA) is 36.9 Å². The van der Waals surface area contributed by atoms with Gasteiger partial charge in [0.25, 0.3) is 0 Å². The van der Waals surface area contributed by atoms with Gasteiger partial charge in [-0.05, 0) is 23.6 Å². The van der Waals surface area contributed by atoms with Crippen LogP contribution < -0.4 is 18.9 Å². The molecule has 2 aliphatic rings. The third-order valence-electron chi connectivity index (χ3n) is 3.86. The third-order valence-corrected chi connectivity index (χ3v) is 3.86. The molecule has 0 spiro atoms. The Balaban J connectivity index is 2.00. The van der Waals surface area contributed by atoms with Gasteiger partial charge >= 0.3 is 0 Å². The van der Waals surface area contributed by atoms with E-state index >= 15 is 0 Å². The Morgan fingerprint density at radius 3 is 2.29 bits per heavy atom. The van der Waals surface area contributed by atoms with Crippen molar-refractivity contribution in [2.45, 2.75) is 19.8 Å². The van der Waals surface area contributed by atoms with E-state index in [0.717, 1.165) is 34.1 Å². The monoisotopic (exact) mass is 284 g/mol. The highest BCUT2D eigenvalue weighted by Gasteiger charge is 2.27. The molecule has 108 valence electrons. The van der Waals surface area contributed by atoms with E-state index in [4.69, 9.17) is 18.9 Å². The summed E-state index contributed by atoms with van der Waals surface area (Å²) in [5.74, 6) is 3.51. The van der Waals surface area contributed by atoms with Crippen molar-refractivity contribution in [1.82, 2.24) is 0 Å². The van der Waals surface area contributed by atoms with E-state index < -0.39 is 0 Å². The molecule has 0 aromatic heterocycles. The van der Waals surface area contributed by atoms with Gasteiger partial charge in [0.05, 0.1) is 0 Å². The quantitative estimate of drug-likeness (QED) is 0.837. The van der Waals surface area contributed by atoms with Crippen molar-refractivity contribution in [2.75, 3.05) is 13.6 Å². The molecule has 2 aliphatic heterocycles. The predicted octanol–water partition coefficient (Wildman–Crippen LogP) is 3.93. The number of rotatable bonds is 2. The summed E-state index contributed by atoms with van der Waals surface area (Å²) >= 11 is 0. The molecule has 0 bridgehead atoms. The molecule has 21 heavy (non-hydrogen) atoms. The Morgan fingerprint density at radius 1 is 0.810 bits per heavy atom. The summed E-state index contributed by atoms with van der Waals surface area (Å²) in [6.45, 7) is 4.86. The molecule has 0 radical (unpaired) electrons. The molecule has 4 rings (SSSR count). The normalized spacial score (nSPS) is 14.8. The van der Waals surface area contributed by atoms with Crippen molar-refractivity contribution in [3.05, 3.63) is 35.9 Å². The molecule has 0 saturated heterocycles. The lowest BCUT2D eigenvalue weighted by molar-refractivity contribution is 0.173. The molecule has 0 saturated carbocycles. The molecule has 0 amide bonds. The number of fused-ring (bicyclic) bond motifs is 2. The number of ether oxygens (including phenoxy) is 4. The highest BCUT2D eigenvalue weighted by Crippen LogP contribution is 2.50. The first-order chi connectivity index (χ1) is 10.3. The molecular weight excluding hydrogens is 268 g/mol. The van der Waals surface area contributed by atoms with Crippen LogP contribution in [0.3, 0.4) is 0 Å². The van der Waals surface area contributed by atoms with E-state index in [0.29, 0.717) is 5.92 Å². The highest BCUT2D eigenvalue weighted by atomic mass is 16.7. The molecule has 0 N–H and O–H groups in total. The summed E-state index contributed by atoms with van der Waals surface area (Å²) in [5, 5.41) is 0. The SMILES string of the molecule is CC(C)c1ccc2c(c1-c1cccc3c1OCO3)OCO2. The average molecular weight is 284 g/mol. The molecular formula is C17H16O4. The van der Waals surface area contributed by atoms with Crippen molar-refractivity contribution in [3.63, 3.8) is 0 Å². The van der Waals surface area contributed by atoms with Crippen LogP contribution in [0.1, 0.15) is 25.3 Å². The highest BCUT2D eigenvalue weighted by molar-refractivity contribution is 5.84. The van der Waals surface area contributed by atoms with Gasteiger partial charge in [0.1, 0.15) is 0 Å². The summed E-state index contributed by atoms with van der Waals surface area (Å²) in [6, 6.07) is 10.0. The number of benzene rings is 2. The molecule has 0 unspecified atom stereocenters. The van der Waals surface area contributed by atoms with Crippen molar-refractivity contribution in [1.29, 1.82) is 0 Å². The van der Waals surface area contributed by atoms with Crippen molar-refractivity contribution < 1.29 is 18.9 Å². The van der Waals surface area contributed by atoms with Gasteiger partial charge in [-0.2, -0.15) is 0 Å². The fraction of sp³-hybridized carbons (Fsp3) is 0.294. The van der Waals surface area contributed by atoms with Gasteiger partial charge in [-0.15, -0.1) is 0 Å². The standard InChI is InChI=1S/C17H16O4/c1-10(2)11-6-7-14-17(21-9-19-14)15(11)12-4-3-5-13-16(12)20-8-18-13/h3-7,10H,8-9H2,1-2H3. The lowest BCUT2D eigenvalue weighted by Gasteiger charge is -2.16. The maximum Gasteiger partial charge on any atom is 0.231 e. The Morgan fingerprint density at radius 2 is 1.52 bits per heavy atom. The maximum absolute atomic E-state index is 5.72. The number of para-hydroxylation sites is 1. The first kappa shape index (κ1) is 12.4. The predicted molar refractivity (Wildman–Crippen MR) is 78.2 cm³/mol. The van der Waals surface area contributed by atoms with Crippen molar-refractivity contribution >= 4 is 0 Å². The van der Waals surface area contributed by atoms with Crippen LogP contribution in [0.2, 0.25) is 0 Å². The molecule has 4 heteroatoms. The molecule has 0 fully saturated rings. The molecule has 2 aromatic rings. The molecule has 0 aliphatic carbocycles. The smallest absolute Gasteiger partial charge is 0.231 e. The molecule has 0 atom stereocenters. The van der Waals surface area contributed by atoms with Crippen molar-refractivity contribution in [2.24, 2.45) is 0 Å². The Bertz CT molecular complexity index is 706. The average Bonchev–Trinajstić information content (AvgIpc) is 3.13. The first-order valence-corrected chi connectivity index (χ1v) is 7.07. The zero-order chi connectivity index (χ0) is 14.4. The van der Waals surface area contributed by atoms with Crippen LogP contribution in [0, 0.1) is 0 Å². The number of hydrogen-bond acceptors (Lipinski definition) is 4. The summed E-state index contributed by atoms with van der Waals surface area (Å²) in [4.78, 5) is 0. The van der Waals surface area contributed by atoms with Gasteiger partial charge in [0.15, 0.2) is 23.0 Å². The van der Waals surface area contributed by atoms with E-state index in [9.17, 15) is 0 Å². The second-order valence-corrected chi connectivity index (χ2v) is 5.46. The van der Waals surface area contributed by atoms with Crippen LogP contribution in [0.25, 0.3) is 11.1 Å². The van der Waals surface area contributed by atoms with Crippen LogP contribution in [0.15, 0.2) is 30.3 Å². The minimum Gasteiger partial charge on any atom is -0.454 e. The summed E-state index contributed by atoms with van der Waals surface area (Å²) in [6.07, 6.45) is 0. The van der Waals surface area contributed by atoms with E-state index in [1.165, 1.54) is 5.56 Å². The zero-order valence-electron chi connectivity index (χ0n) is 12.0. The second kappa shape index (κ2) is 4.58. The van der Waals surface area contributed by atoms with Gasteiger partial charge in [0, 0.05) is 11.1 Å². The van der Waals surface area contributed by atoms with E-state index in [2.05, 4.69) is 19.9 Å². The summed E-state index contributed by atoms with van der Waals surface area (Å²) < 4.78 is 22.4. The van der Waals surface area contributed by atoms with Gasteiger partial charge in [-0.1, -0.05) is 32.0 Å². The second-order valence-electron chi connectivity index (χ2n) is 5.46. The van der Waals surface area contributed by atoms with Crippen LogP contribution in [0.5, 0.6) is 23.0 Å². The van der Waals surface area contributed by atoms with Crippen LogP contribution in [-0.2, 0) is 0 Å². The summed E-state index contributed by atoms with van der Waals surface area (Å²) in [7, 11) is 0.